The maximum atomic E-state index is 10.3. The summed E-state index contributed by atoms with van der Waals surface area (Å²) in [5.41, 5.74) is 0.422. The largest absolute Gasteiger partial charge is 0.393 e. The molecule has 0 aromatic rings. The molecule has 0 saturated heterocycles. The number of aliphatic hydroxyl groups is 1. The van der Waals surface area contributed by atoms with Gasteiger partial charge in [-0.05, 0) is 69.2 Å². The summed E-state index contributed by atoms with van der Waals surface area (Å²) in [6.07, 6.45) is 8.75. The van der Waals surface area contributed by atoms with Gasteiger partial charge < -0.3 is 10.0 Å². The van der Waals surface area contributed by atoms with Gasteiger partial charge in [0.15, 0.2) is 0 Å². The van der Waals surface area contributed by atoms with E-state index in [-0.39, 0.29) is 6.10 Å². The Bertz CT molecular complexity index is 281. The zero-order valence-electron chi connectivity index (χ0n) is 13.4. The summed E-state index contributed by atoms with van der Waals surface area (Å²) in [6.45, 7) is 8.18. The van der Waals surface area contributed by atoms with E-state index in [0.717, 1.165) is 24.9 Å². The van der Waals surface area contributed by atoms with Crippen LogP contribution in [-0.2, 0) is 0 Å². The molecule has 0 aliphatic heterocycles. The molecule has 2 fully saturated rings. The van der Waals surface area contributed by atoms with Gasteiger partial charge in [0.2, 0.25) is 0 Å². The van der Waals surface area contributed by atoms with Crippen LogP contribution in [0.4, 0.5) is 0 Å². The van der Waals surface area contributed by atoms with Crippen LogP contribution >= 0.6 is 0 Å². The highest BCUT2D eigenvalue weighted by Crippen LogP contribution is 2.39. The first kappa shape index (κ1) is 15.3. The number of aliphatic hydroxyl groups excluding tert-OH is 1. The predicted molar refractivity (Wildman–Crippen MR) is 81.2 cm³/mol. The normalized spacial score (nSPS) is 39.5. The highest BCUT2D eigenvalue weighted by atomic mass is 16.3. The summed E-state index contributed by atoms with van der Waals surface area (Å²) in [6, 6.07) is 0.758. The summed E-state index contributed by atoms with van der Waals surface area (Å²) in [4.78, 5) is 2.54. The van der Waals surface area contributed by atoms with Gasteiger partial charge in [-0.2, -0.15) is 0 Å². The van der Waals surface area contributed by atoms with Crippen molar-refractivity contribution >= 4 is 0 Å². The Morgan fingerprint density at radius 3 is 2.37 bits per heavy atom. The molecule has 0 bridgehead atoms. The van der Waals surface area contributed by atoms with E-state index in [1.165, 1.54) is 38.5 Å². The van der Waals surface area contributed by atoms with Gasteiger partial charge in [0.1, 0.15) is 0 Å². The lowest BCUT2D eigenvalue weighted by Crippen LogP contribution is -2.44. The van der Waals surface area contributed by atoms with Gasteiger partial charge >= 0.3 is 0 Å². The van der Waals surface area contributed by atoms with Crippen molar-refractivity contribution < 1.29 is 5.11 Å². The molecule has 0 amide bonds. The second kappa shape index (κ2) is 6.13. The third kappa shape index (κ3) is 4.19. The second-order valence-electron chi connectivity index (χ2n) is 8.09. The van der Waals surface area contributed by atoms with Gasteiger partial charge in [0, 0.05) is 12.6 Å². The first-order valence-corrected chi connectivity index (χ1v) is 8.26. The van der Waals surface area contributed by atoms with E-state index in [1.807, 2.05) is 0 Å². The number of hydrogen-bond acceptors (Lipinski definition) is 2. The molecule has 0 heterocycles. The number of rotatable bonds is 3. The van der Waals surface area contributed by atoms with Crippen LogP contribution in [0.25, 0.3) is 0 Å². The SMILES string of the molecule is CC1CCC(N(C)CC2CC(C)(C)CCC2O)CC1. The van der Waals surface area contributed by atoms with E-state index in [0.29, 0.717) is 11.3 Å². The van der Waals surface area contributed by atoms with Crippen molar-refractivity contribution in [2.45, 2.75) is 77.9 Å². The molecule has 0 aromatic heterocycles. The lowest BCUT2D eigenvalue weighted by atomic mass is 9.70. The highest BCUT2D eigenvalue weighted by molar-refractivity contribution is 4.87. The fraction of sp³-hybridized carbons (Fsp3) is 1.00. The molecule has 2 rings (SSSR count). The predicted octanol–water partition coefficient (Wildman–Crippen LogP) is 3.68. The van der Waals surface area contributed by atoms with Crippen molar-refractivity contribution in [1.29, 1.82) is 0 Å². The molecule has 2 aliphatic carbocycles. The van der Waals surface area contributed by atoms with Gasteiger partial charge in [0.05, 0.1) is 6.10 Å². The minimum atomic E-state index is -0.0713. The standard InChI is InChI=1S/C17H33NO/c1-13-5-7-15(8-6-13)18(4)12-14-11-17(2,3)10-9-16(14)19/h13-16,19H,5-12H2,1-4H3. The number of nitrogens with zero attached hydrogens (tertiary/aromatic N) is 1. The molecule has 2 heteroatoms. The molecular weight excluding hydrogens is 234 g/mol. The lowest BCUT2D eigenvalue weighted by Gasteiger charge is -2.42. The summed E-state index contributed by atoms with van der Waals surface area (Å²) in [5.74, 6) is 1.40. The topological polar surface area (TPSA) is 23.5 Å². The molecule has 0 spiro atoms. The minimum Gasteiger partial charge on any atom is -0.393 e. The Hall–Kier alpha value is -0.0800. The van der Waals surface area contributed by atoms with Crippen molar-refractivity contribution in [3.05, 3.63) is 0 Å². The van der Waals surface area contributed by atoms with Crippen molar-refractivity contribution in [3.8, 4) is 0 Å². The van der Waals surface area contributed by atoms with E-state index in [2.05, 4.69) is 32.7 Å². The van der Waals surface area contributed by atoms with Crippen molar-refractivity contribution in [2.24, 2.45) is 17.3 Å². The Balaban J connectivity index is 1.85. The van der Waals surface area contributed by atoms with E-state index >= 15 is 0 Å². The zero-order valence-corrected chi connectivity index (χ0v) is 13.4. The summed E-state index contributed by atoms with van der Waals surface area (Å²) < 4.78 is 0. The highest BCUT2D eigenvalue weighted by Gasteiger charge is 2.35. The van der Waals surface area contributed by atoms with E-state index in [1.54, 1.807) is 0 Å². The van der Waals surface area contributed by atoms with Gasteiger partial charge in [-0.1, -0.05) is 20.8 Å². The quantitative estimate of drug-likeness (QED) is 0.843. The Kier molecular flexibility index (Phi) is 4.94. The van der Waals surface area contributed by atoms with E-state index in [4.69, 9.17) is 0 Å². The first-order chi connectivity index (χ1) is 8.87. The average Bonchev–Trinajstić information content (AvgIpc) is 2.34. The third-order valence-electron chi connectivity index (χ3n) is 5.61. The molecule has 19 heavy (non-hydrogen) atoms. The van der Waals surface area contributed by atoms with E-state index < -0.39 is 0 Å². The Labute approximate surface area is 119 Å². The maximum absolute atomic E-state index is 10.3. The van der Waals surface area contributed by atoms with Crippen LogP contribution in [0.2, 0.25) is 0 Å². The fourth-order valence-corrected chi connectivity index (χ4v) is 4.11. The van der Waals surface area contributed by atoms with Gasteiger partial charge in [0.25, 0.3) is 0 Å². The fourth-order valence-electron chi connectivity index (χ4n) is 4.11. The van der Waals surface area contributed by atoms with Crippen molar-refractivity contribution in [1.82, 2.24) is 4.90 Å². The van der Waals surface area contributed by atoms with Crippen LogP contribution in [0.1, 0.15) is 65.7 Å². The minimum absolute atomic E-state index is 0.0713. The molecular formula is C17H33NO. The summed E-state index contributed by atoms with van der Waals surface area (Å²) in [5, 5.41) is 10.3. The summed E-state index contributed by atoms with van der Waals surface area (Å²) >= 11 is 0. The molecule has 2 nitrogen and oxygen atoms in total. The van der Waals surface area contributed by atoms with Crippen LogP contribution < -0.4 is 0 Å². The Morgan fingerprint density at radius 2 is 1.74 bits per heavy atom. The van der Waals surface area contributed by atoms with Gasteiger partial charge in [-0.3, -0.25) is 0 Å². The van der Waals surface area contributed by atoms with E-state index in [9.17, 15) is 5.11 Å². The van der Waals surface area contributed by atoms with Crippen LogP contribution in [0.3, 0.4) is 0 Å². The van der Waals surface area contributed by atoms with Crippen LogP contribution in [0.5, 0.6) is 0 Å². The number of hydrogen-bond donors (Lipinski definition) is 1. The van der Waals surface area contributed by atoms with Crippen LogP contribution in [0.15, 0.2) is 0 Å². The van der Waals surface area contributed by atoms with Crippen molar-refractivity contribution in [3.63, 3.8) is 0 Å². The zero-order chi connectivity index (χ0) is 14.0. The van der Waals surface area contributed by atoms with Gasteiger partial charge in [-0.25, -0.2) is 0 Å². The molecule has 1 N–H and O–H groups in total. The lowest BCUT2D eigenvalue weighted by molar-refractivity contribution is -0.00130. The molecule has 2 aliphatic rings. The first-order valence-electron chi connectivity index (χ1n) is 8.26. The van der Waals surface area contributed by atoms with Crippen molar-refractivity contribution in [2.75, 3.05) is 13.6 Å². The molecule has 2 unspecified atom stereocenters. The maximum Gasteiger partial charge on any atom is 0.0581 e. The van der Waals surface area contributed by atoms with Gasteiger partial charge in [-0.15, -0.1) is 0 Å². The monoisotopic (exact) mass is 267 g/mol. The molecule has 2 atom stereocenters. The third-order valence-corrected chi connectivity index (χ3v) is 5.61. The smallest absolute Gasteiger partial charge is 0.0581 e. The Morgan fingerprint density at radius 1 is 1.11 bits per heavy atom. The molecule has 2 saturated carbocycles. The molecule has 0 radical (unpaired) electrons. The van der Waals surface area contributed by atoms with Crippen LogP contribution in [-0.4, -0.2) is 35.7 Å². The molecule has 0 aromatic carbocycles. The molecule has 112 valence electrons. The van der Waals surface area contributed by atoms with Crippen LogP contribution in [0, 0.1) is 17.3 Å². The average molecular weight is 267 g/mol. The second-order valence-corrected chi connectivity index (χ2v) is 8.09. The summed E-state index contributed by atoms with van der Waals surface area (Å²) in [7, 11) is 2.27.